The maximum atomic E-state index is 11.6. The van der Waals surface area contributed by atoms with Crippen molar-refractivity contribution in [3.8, 4) is 0 Å². The van der Waals surface area contributed by atoms with E-state index in [1.54, 1.807) is 6.92 Å². The lowest BCUT2D eigenvalue weighted by atomic mass is 9.99. The lowest BCUT2D eigenvalue weighted by Crippen LogP contribution is -2.44. The second-order valence-corrected chi connectivity index (χ2v) is 6.69. The van der Waals surface area contributed by atoms with Gasteiger partial charge in [0.25, 0.3) is 0 Å². The second kappa shape index (κ2) is 6.19. The third-order valence-corrected chi connectivity index (χ3v) is 4.94. The number of hydrogen-bond acceptors (Lipinski definition) is 7. The number of aromatic nitrogens is 4. The predicted octanol–water partition coefficient (Wildman–Crippen LogP) is 1.87. The zero-order valence-electron chi connectivity index (χ0n) is 13.8. The van der Waals surface area contributed by atoms with E-state index in [4.69, 9.17) is 0 Å². The Bertz CT molecular complexity index is 731. The highest BCUT2D eigenvalue weighted by molar-refractivity contribution is 7.05. The van der Waals surface area contributed by atoms with Crippen molar-refractivity contribution in [1.29, 1.82) is 0 Å². The van der Waals surface area contributed by atoms with Crippen LogP contribution in [0.15, 0.2) is 6.07 Å². The molecule has 0 saturated carbocycles. The van der Waals surface area contributed by atoms with E-state index in [-0.39, 0.29) is 11.9 Å². The molecule has 23 heavy (non-hydrogen) atoms. The van der Waals surface area contributed by atoms with Crippen LogP contribution in [0.5, 0.6) is 0 Å². The third kappa shape index (κ3) is 3.17. The van der Waals surface area contributed by atoms with E-state index in [0.717, 1.165) is 40.9 Å². The SMILES string of the molecule is CC(=O)N1CC[C@@H]1c1cc(N(C)Cc2snnc2C)nc(C)n1. The number of aryl methyl sites for hydroxylation is 2. The molecule has 1 aliphatic heterocycles. The van der Waals surface area contributed by atoms with Crippen molar-refractivity contribution >= 4 is 23.3 Å². The Morgan fingerprint density at radius 3 is 2.78 bits per heavy atom. The standard InChI is InChI=1S/C15H20N6OS/c1-9-14(23-19-18-9)8-20(4)15-7-12(16-10(2)17-15)13-5-6-21(13)11(3)22/h7,13H,5-6,8H2,1-4H3/t13-/m1/s1. The summed E-state index contributed by atoms with van der Waals surface area (Å²) in [4.78, 5) is 25.7. The summed E-state index contributed by atoms with van der Waals surface area (Å²) >= 11 is 1.41. The van der Waals surface area contributed by atoms with E-state index in [1.165, 1.54) is 11.5 Å². The molecule has 0 aromatic carbocycles. The van der Waals surface area contributed by atoms with Gasteiger partial charge in [-0.15, -0.1) is 5.10 Å². The van der Waals surface area contributed by atoms with Crippen molar-refractivity contribution in [1.82, 2.24) is 24.5 Å². The van der Waals surface area contributed by atoms with Crippen LogP contribution in [0.2, 0.25) is 0 Å². The molecule has 0 spiro atoms. The average Bonchev–Trinajstić information content (AvgIpc) is 2.81. The van der Waals surface area contributed by atoms with Crippen molar-refractivity contribution in [3.63, 3.8) is 0 Å². The number of carbonyl (C=O) groups is 1. The van der Waals surface area contributed by atoms with Gasteiger partial charge in [-0.25, -0.2) is 9.97 Å². The lowest BCUT2D eigenvalue weighted by molar-refractivity contribution is -0.136. The van der Waals surface area contributed by atoms with Crippen LogP contribution in [0.4, 0.5) is 5.82 Å². The van der Waals surface area contributed by atoms with E-state index >= 15 is 0 Å². The number of likely N-dealkylation sites (tertiary alicyclic amines) is 1. The number of hydrogen-bond donors (Lipinski definition) is 0. The van der Waals surface area contributed by atoms with E-state index in [1.807, 2.05) is 31.9 Å². The zero-order chi connectivity index (χ0) is 16.6. The highest BCUT2D eigenvalue weighted by atomic mass is 32.1. The fourth-order valence-electron chi connectivity index (χ4n) is 2.70. The van der Waals surface area contributed by atoms with Gasteiger partial charge in [0.05, 0.1) is 28.9 Å². The Morgan fingerprint density at radius 1 is 1.43 bits per heavy atom. The molecule has 0 radical (unpaired) electrons. The van der Waals surface area contributed by atoms with Gasteiger partial charge in [-0.2, -0.15) is 0 Å². The molecule has 1 atom stereocenters. The fourth-order valence-corrected chi connectivity index (χ4v) is 3.39. The molecular formula is C15H20N6OS. The molecular weight excluding hydrogens is 312 g/mol. The van der Waals surface area contributed by atoms with Crippen LogP contribution in [-0.2, 0) is 11.3 Å². The van der Waals surface area contributed by atoms with Gasteiger partial charge in [-0.1, -0.05) is 4.49 Å². The topological polar surface area (TPSA) is 75.1 Å². The van der Waals surface area contributed by atoms with Gasteiger partial charge >= 0.3 is 0 Å². The molecule has 3 rings (SSSR count). The quantitative estimate of drug-likeness (QED) is 0.851. The molecule has 1 saturated heterocycles. The smallest absolute Gasteiger partial charge is 0.220 e. The molecule has 1 aliphatic rings. The first-order valence-electron chi connectivity index (χ1n) is 7.57. The van der Waals surface area contributed by atoms with Crippen molar-refractivity contribution in [2.45, 2.75) is 39.8 Å². The fraction of sp³-hybridized carbons (Fsp3) is 0.533. The van der Waals surface area contributed by atoms with Crippen molar-refractivity contribution < 1.29 is 4.79 Å². The Hall–Kier alpha value is -2.09. The van der Waals surface area contributed by atoms with Gasteiger partial charge in [0.2, 0.25) is 5.91 Å². The number of carbonyl (C=O) groups excluding carboxylic acids is 1. The lowest BCUT2D eigenvalue weighted by Gasteiger charge is -2.40. The molecule has 0 bridgehead atoms. The van der Waals surface area contributed by atoms with Gasteiger partial charge in [-0.3, -0.25) is 4.79 Å². The largest absolute Gasteiger partial charge is 0.354 e. The number of anilines is 1. The Balaban J connectivity index is 1.83. The molecule has 0 N–H and O–H groups in total. The van der Waals surface area contributed by atoms with Crippen LogP contribution in [0.25, 0.3) is 0 Å². The Labute approximate surface area is 139 Å². The minimum absolute atomic E-state index is 0.0770. The maximum Gasteiger partial charge on any atom is 0.220 e. The van der Waals surface area contributed by atoms with Crippen molar-refractivity contribution in [3.05, 3.63) is 28.2 Å². The minimum atomic E-state index is 0.0770. The van der Waals surface area contributed by atoms with E-state index < -0.39 is 0 Å². The number of rotatable bonds is 4. The van der Waals surface area contributed by atoms with E-state index in [9.17, 15) is 4.79 Å². The van der Waals surface area contributed by atoms with Crippen LogP contribution in [-0.4, -0.2) is 44.0 Å². The first-order chi connectivity index (χ1) is 11.0. The summed E-state index contributed by atoms with van der Waals surface area (Å²) < 4.78 is 3.97. The normalized spacial score (nSPS) is 17.0. The summed E-state index contributed by atoms with van der Waals surface area (Å²) in [5, 5.41) is 4.04. The zero-order valence-corrected chi connectivity index (χ0v) is 14.6. The van der Waals surface area contributed by atoms with Gasteiger partial charge in [-0.05, 0) is 31.8 Å². The molecule has 7 nitrogen and oxygen atoms in total. The molecule has 122 valence electrons. The third-order valence-electron chi connectivity index (χ3n) is 4.13. The van der Waals surface area contributed by atoms with Crippen LogP contribution in [0.3, 0.4) is 0 Å². The molecule has 3 heterocycles. The molecule has 1 fully saturated rings. The average molecular weight is 332 g/mol. The summed E-state index contributed by atoms with van der Waals surface area (Å²) in [5.74, 6) is 1.67. The first kappa shape index (κ1) is 15.8. The summed E-state index contributed by atoms with van der Waals surface area (Å²) in [6.07, 6.45) is 0.955. The summed E-state index contributed by atoms with van der Waals surface area (Å²) in [7, 11) is 1.99. The second-order valence-electron chi connectivity index (χ2n) is 5.85. The van der Waals surface area contributed by atoms with Crippen molar-refractivity contribution in [2.75, 3.05) is 18.5 Å². The van der Waals surface area contributed by atoms with Gasteiger partial charge in [0.15, 0.2) is 0 Å². The Morgan fingerprint density at radius 2 is 2.22 bits per heavy atom. The predicted molar refractivity (Wildman–Crippen MR) is 88.3 cm³/mol. The number of amides is 1. The molecule has 2 aromatic rings. The highest BCUT2D eigenvalue weighted by Crippen LogP contribution is 2.33. The summed E-state index contributed by atoms with van der Waals surface area (Å²) in [6, 6.07) is 2.06. The van der Waals surface area contributed by atoms with Crippen LogP contribution < -0.4 is 4.90 Å². The molecule has 2 aromatic heterocycles. The van der Waals surface area contributed by atoms with Crippen LogP contribution in [0, 0.1) is 13.8 Å². The maximum absolute atomic E-state index is 11.6. The highest BCUT2D eigenvalue weighted by Gasteiger charge is 2.33. The molecule has 0 aliphatic carbocycles. The monoisotopic (exact) mass is 332 g/mol. The summed E-state index contributed by atoms with van der Waals surface area (Å²) in [6.45, 7) is 6.97. The van der Waals surface area contributed by atoms with Gasteiger partial charge in [0, 0.05) is 26.6 Å². The van der Waals surface area contributed by atoms with E-state index in [2.05, 4.69) is 24.5 Å². The van der Waals surface area contributed by atoms with Gasteiger partial charge in [0.1, 0.15) is 11.6 Å². The molecule has 0 unspecified atom stereocenters. The van der Waals surface area contributed by atoms with Crippen molar-refractivity contribution in [2.24, 2.45) is 0 Å². The van der Waals surface area contributed by atoms with Crippen LogP contribution >= 0.6 is 11.5 Å². The summed E-state index contributed by atoms with van der Waals surface area (Å²) in [5.41, 5.74) is 1.87. The minimum Gasteiger partial charge on any atom is -0.354 e. The molecule has 8 heteroatoms. The van der Waals surface area contributed by atoms with Gasteiger partial charge < -0.3 is 9.80 Å². The number of nitrogens with zero attached hydrogens (tertiary/aromatic N) is 6. The Kier molecular flexibility index (Phi) is 4.25. The molecule has 1 amide bonds. The van der Waals surface area contributed by atoms with Crippen LogP contribution in [0.1, 0.15) is 41.5 Å². The van der Waals surface area contributed by atoms with E-state index in [0.29, 0.717) is 6.54 Å². The first-order valence-corrected chi connectivity index (χ1v) is 8.35.